The Labute approximate surface area is 92.6 Å². The minimum Gasteiger partial charge on any atom is -0.384 e. The summed E-state index contributed by atoms with van der Waals surface area (Å²) >= 11 is 0. The maximum Gasteiger partial charge on any atom is 0.274 e. The van der Waals surface area contributed by atoms with Gasteiger partial charge in [0.25, 0.3) is 5.69 Å². The van der Waals surface area contributed by atoms with E-state index < -0.39 is 10.7 Å². The predicted molar refractivity (Wildman–Crippen MR) is 58.9 cm³/mol. The lowest BCUT2D eigenvalue weighted by Gasteiger charge is -2.11. The molecule has 1 aromatic rings. The molecule has 5 heteroatoms. The van der Waals surface area contributed by atoms with Crippen molar-refractivity contribution in [1.82, 2.24) is 0 Å². The van der Waals surface area contributed by atoms with Crippen molar-refractivity contribution >= 4 is 11.4 Å². The summed E-state index contributed by atoms with van der Waals surface area (Å²) in [5, 5.41) is 13.6. The van der Waals surface area contributed by atoms with Crippen LogP contribution in [0.15, 0.2) is 18.2 Å². The van der Waals surface area contributed by atoms with Crippen molar-refractivity contribution in [2.75, 3.05) is 11.9 Å². The molecule has 0 bridgehead atoms. The van der Waals surface area contributed by atoms with Crippen LogP contribution in [0.1, 0.15) is 19.8 Å². The minimum absolute atomic E-state index is 0.219. The Morgan fingerprint density at radius 1 is 1.50 bits per heavy atom. The predicted octanol–water partition coefficient (Wildman–Crippen LogP) is 2.95. The zero-order valence-electron chi connectivity index (χ0n) is 9.00. The smallest absolute Gasteiger partial charge is 0.274 e. The fourth-order valence-electron chi connectivity index (χ4n) is 1.49. The highest BCUT2D eigenvalue weighted by atomic mass is 19.1. The topological polar surface area (TPSA) is 55.2 Å². The molecule has 1 saturated carbocycles. The molecule has 0 atom stereocenters. The summed E-state index contributed by atoms with van der Waals surface area (Å²) in [5.41, 5.74) is 0.532. The van der Waals surface area contributed by atoms with Gasteiger partial charge in [0.2, 0.25) is 0 Å². The third kappa shape index (κ3) is 2.48. The van der Waals surface area contributed by atoms with Crippen LogP contribution in [-0.2, 0) is 0 Å². The summed E-state index contributed by atoms with van der Waals surface area (Å²) < 4.78 is 13.1. The fraction of sp³-hybridized carbons (Fsp3) is 0.455. The Kier molecular flexibility index (Phi) is 2.53. The number of nitrogens with one attached hydrogen (secondary N) is 1. The van der Waals surface area contributed by atoms with E-state index >= 15 is 0 Å². The number of hydrogen-bond acceptors (Lipinski definition) is 3. The minimum atomic E-state index is -0.590. The van der Waals surface area contributed by atoms with E-state index in [2.05, 4.69) is 12.2 Å². The van der Waals surface area contributed by atoms with Crippen molar-refractivity contribution in [1.29, 1.82) is 0 Å². The third-order valence-electron chi connectivity index (χ3n) is 2.92. The van der Waals surface area contributed by atoms with Crippen molar-refractivity contribution in [2.45, 2.75) is 19.8 Å². The molecule has 16 heavy (non-hydrogen) atoms. The number of hydrogen-bond donors (Lipinski definition) is 1. The number of nitrogens with zero attached hydrogens (tertiary/aromatic N) is 1. The number of rotatable bonds is 4. The van der Waals surface area contributed by atoms with Crippen LogP contribution >= 0.6 is 0 Å². The monoisotopic (exact) mass is 224 g/mol. The molecule has 1 aliphatic rings. The summed E-state index contributed by atoms with van der Waals surface area (Å²) in [6, 6.07) is 3.55. The first-order valence-corrected chi connectivity index (χ1v) is 5.17. The van der Waals surface area contributed by atoms with Crippen molar-refractivity contribution < 1.29 is 9.31 Å². The highest BCUT2D eigenvalue weighted by molar-refractivity contribution is 5.51. The number of halogens is 1. The molecule has 0 aliphatic heterocycles. The second-order valence-electron chi connectivity index (χ2n) is 4.62. The number of anilines is 1. The van der Waals surface area contributed by atoms with Gasteiger partial charge in [-0.2, -0.15) is 0 Å². The lowest BCUT2D eigenvalue weighted by Crippen LogP contribution is -2.11. The molecule has 0 saturated heterocycles. The summed E-state index contributed by atoms with van der Waals surface area (Å²) in [6.07, 6.45) is 2.30. The maximum absolute atomic E-state index is 13.1. The Hall–Kier alpha value is -1.65. The fourth-order valence-corrected chi connectivity index (χ4v) is 1.49. The van der Waals surface area contributed by atoms with E-state index in [-0.39, 0.29) is 11.1 Å². The van der Waals surface area contributed by atoms with Crippen molar-refractivity contribution in [3.63, 3.8) is 0 Å². The van der Waals surface area contributed by atoms with Crippen molar-refractivity contribution in [3.8, 4) is 0 Å². The van der Waals surface area contributed by atoms with Crippen LogP contribution in [0.25, 0.3) is 0 Å². The Bertz CT molecular complexity index is 430. The zero-order valence-corrected chi connectivity index (χ0v) is 9.00. The van der Waals surface area contributed by atoms with Crippen LogP contribution in [0.4, 0.5) is 15.8 Å². The Morgan fingerprint density at radius 2 is 2.19 bits per heavy atom. The highest BCUT2D eigenvalue weighted by Crippen LogP contribution is 2.44. The number of non-ortho nitro benzene ring substituents is 1. The molecule has 0 unspecified atom stereocenters. The molecule has 1 aromatic carbocycles. The highest BCUT2D eigenvalue weighted by Gasteiger charge is 2.36. The van der Waals surface area contributed by atoms with E-state index in [1.54, 1.807) is 0 Å². The van der Waals surface area contributed by atoms with E-state index in [0.717, 1.165) is 25.5 Å². The van der Waals surface area contributed by atoms with Crippen molar-refractivity contribution in [2.24, 2.45) is 5.41 Å². The molecule has 0 heterocycles. The summed E-state index contributed by atoms with van der Waals surface area (Å²) in [6.45, 7) is 2.86. The second kappa shape index (κ2) is 3.73. The van der Waals surface area contributed by atoms with Gasteiger partial charge in [0, 0.05) is 18.3 Å². The van der Waals surface area contributed by atoms with Gasteiger partial charge in [-0.3, -0.25) is 10.1 Å². The van der Waals surface area contributed by atoms with E-state index in [1.807, 2.05) is 0 Å². The molecule has 86 valence electrons. The van der Waals surface area contributed by atoms with Gasteiger partial charge >= 0.3 is 0 Å². The van der Waals surface area contributed by atoms with Gasteiger partial charge in [0.05, 0.1) is 11.0 Å². The summed E-state index contributed by atoms with van der Waals surface area (Å²) in [7, 11) is 0. The van der Waals surface area contributed by atoms with E-state index in [1.165, 1.54) is 12.1 Å². The Morgan fingerprint density at radius 3 is 2.75 bits per heavy atom. The number of nitro groups is 1. The average molecular weight is 224 g/mol. The molecule has 1 N–H and O–H groups in total. The third-order valence-corrected chi connectivity index (χ3v) is 2.92. The lowest BCUT2D eigenvalue weighted by atomic mass is 10.1. The molecule has 1 fully saturated rings. The SMILES string of the molecule is CC1(CNc2cc(F)cc([N+](=O)[O-])c2)CC1. The quantitative estimate of drug-likeness (QED) is 0.631. The van der Waals surface area contributed by atoms with Crippen LogP contribution in [0, 0.1) is 21.3 Å². The average Bonchev–Trinajstić information content (AvgIpc) is 2.94. The first kappa shape index (κ1) is 10.9. The van der Waals surface area contributed by atoms with Crippen LogP contribution in [-0.4, -0.2) is 11.5 Å². The van der Waals surface area contributed by atoms with E-state index in [0.29, 0.717) is 5.69 Å². The van der Waals surface area contributed by atoms with Gasteiger partial charge in [0.15, 0.2) is 0 Å². The van der Waals surface area contributed by atoms with Gasteiger partial charge in [-0.1, -0.05) is 6.92 Å². The van der Waals surface area contributed by atoms with Crippen molar-refractivity contribution in [3.05, 3.63) is 34.1 Å². The number of nitro benzene ring substituents is 1. The second-order valence-corrected chi connectivity index (χ2v) is 4.62. The number of benzene rings is 1. The molecule has 0 amide bonds. The summed E-state index contributed by atoms with van der Waals surface area (Å²) in [4.78, 5) is 9.94. The van der Waals surface area contributed by atoms with Crippen LogP contribution in [0.5, 0.6) is 0 Å². The molecule has 4 nitrogen and oxygen atoms in total. The molecule has 1 aliphatic carbocycles. The van der Waals surface area contributed by atoms with Gasteiger partial charge in [-0.05, 0) is 24.3 Å². The Balaban J connectivity index is 2.10. The zero-order chi connectivity index (χ0) is 11.8. The normalized spacial score (nSPS) is 16.9. The first-order chi connectivity index (χ1) is 7.48. The summed E-state index contributed by atoms with van der Waals surface area (Å²) in [5.74, 6) is -0.586. The lowest BCUT2D eigenvalue weighted by molar-refractivity contribution is -0.385. The van der Waals surface area contributed by atoms with Crippen LogP contribution < -0.4 is 5.32 Å². The molecule has 0 spiro atoms. The standard InChI is InChI=1S/C11H13FN2O2/c1-11(2-3-11)7-13-9-4-8(12)5-10(6-9)14(15)16/h4-6,13H,2-3,7H2,1H3. The molecular weight excluding hydrogens is 211 g/mol. The molecule has 2 rings (SSSR count). The van der Waals surface area contributed by atoms with Gasteiger partial charge in [-0.25, -0.2) is 4.39 Å². The first-order valence-electron chi connectivity index (χ1n) is 5.17. The van der Waals surface area contributed by atoms with Crippen LogP contribution in [0.2, 0.25) is 0 Å². The van der Waals surface area contributed by atoms with Crippen LogP contribution in [0.3, 0.4) is 0 Å². The largest absolute Gasteiger partial charge is 0.384 e. The molecular formula is C11H13FN2O2. The van der Waals surface area contributed by atoms with E-state index in [9.17, 15) is 14.5 Å². The van der Waals surface area contributed by atoms with Gasteiger partial charge in [-0.15, -0.1) is 0 Å². The van der Waals surface area contributed by atoms with Gasteiger partial charge in [0.1, 0.15) is 5.82 Å². The molecule has 0 radical (unpaired) electrons. The maximum atomic E-state index is 13.1. The molecule has 0 aromatic heterocycles. The van der Waals surface area contributed by atoms with Gasteiger partial charge < -0.3 is 5.32 Å². The van der Waals surface area contributed by atoms with E-state index in [4.69, 9.17) is 0 Å².